The highest BCUT2D eigenvalue weighted by Crippen LogP contribution is 2.31. The molecular weight excluding hydrogens is 445 g/mol. The summed E-state index contributed by atoms with van der Waals surface area (Å²) in [6, 6.07) is 2.19. The van der Waals surface area contributed by atoms with E-state index < -0.39 is 30.4 Å². The maximum absolute atomic E-state index is 11.7. The molecule has 0 bridgehead atoms. The summed E-state index contributed by atoms with van der Waals surface area (Å²) in [6.45, 7) is 0. The van der Waals surface area contributed by atoms with Gasteiger partial charge in [-0.3, -0.25) is 20.9 Å². The van der Waals surface area contributed by atoms with Crippen LogP contribution in [0.2, 0.25) is 0 Å². The average molecular weight is 461 g/mol. The number of nitrogens with one attached hydrogen (secondary N) is 6. The Morgan fingerprint density at radius 3 is 2.92 bits per heavy atom. The van der Waals surface area contributed by atoms with Crippen LogP contribution in [0.3, 0.4) is 0 Å². The van der Waals surface area contributed by atoms with Gasteiger partial charge in [-0.05, 0) is 40.3 Å². The van der Waals surface area contributed by atoms with E-state index in [9.17, 15) is 14.7 Å². The molecule has 7 N–H and O–H groups in total. The zero-order chi connectivity index (χ0) is 18.0. The number of methoxy groups -OCH3 is 1. The molecule has 3 amide bonds. The predicted molar refractivity (Wildman–Crippen MR) is 95.6 cm³/mol. The fourth-order valence-corrected chi connectivity index (χ4v) is 2.99. The molecule has 3 rings (SSSR count). The van der Waals surface area contributed by atoms with Crippen molar-refractivity contribution in [2.45, 2.75) is 18.5 Å². The number of hydrazine groups is 1. The standard InChI is InChI=1S/C13H16IN7O4/c1-25-7-3-5(2-6(14)9(7)22)4-15-20-12-16-10-8(19-21-12)11(23)18-13(24)17-10/h2-4,8,10,12,16,19-22H,1H3,(H2,17,18,23,24)/b15-4-. The molecule has 0 radical (unpaired) electrons. The fourth-order valence-electron chi connectivity index (χ4n) is 2.36. The first-order valence-electron chi connectivity index (χ1n) is 7.21. The van der Waals surface area contributed by atoms with Gasteiger partial charge in [-0.25, -0.2) is 15.6 Å². The van der Waals surface area contributed by atoms with E-state index in [1.807, 2.05) is 22.6 Å². The van der Waals surface area contributed by atoms with Gasteiger partial charge in [-0.2, -0.15) is 5.10 Å². The Kier molecular flexibility index (Phi) is 5.22. The molecule has 2 aliphatic heterocycles. The van der Waals surface area contributed by atoms with Crippen LogP contribution in [-0.2, 0) is 4.79 Å². The normalized spacial score (nSPS) is 25.9. The molecule has 2 aliphatic rings. The van der Waals surface area contributed by atoms with Crippen molar-refractivity contribution in [3.8, 4) is 11.5 Å². The van der Waals surface area contributed by atoms with E-state index in [1.165, 1.54) is 7.11 Å². The number of ether oxygens (including phenoxy) is 1. The van der Waals surface area contributed by atoms with Gasteiger partial charge in [0.05, 0.1) is 16.9 Å². The summed E-state index contributed by atoms with van der Waals surface area (Å²) < 4.78 is 5.72. The van der Waals surface area contributed by atoms with Crippen LogP contribution in [0.1, 0.15) is 5.56 Å². The van der Waals surface area contributed by atoms with Crippen LogP contribution in [-0.4, -0.2) is 48.9 Å². The summed E-state index contributed by atoms with van der Waals surface area (Å²) in [5, 5.41) is 21.7. The number of amides is 3. The second kappa shape index (κ2) is 7.38. The molecule has 11 nitrogen and oxygen atoms in total. The van der Waals surface area contributed by atoms with Gasteiger partial charge in [-0.1, -0.05) is 0 Å². The third kappa shape index (κ3) is 3.92. The summed E-state index contributed by atoms with van der Waals surface area (Å²) in [4.78, 5) is 23.0. The van der Waals surface area contributed by atoms with Gasteiger partial charge in [0, 0.05) is 0 Å². The summed E-state index contributed by atoms with van der Waals surface area (Å²) in [6.07, 6.45) is 0.442. The maximum Gasteiger partial charge on any atom is 0.322 e. The summed E-state index contributed by atoms with van der Waals surface area (Å²) in [7, 11) is 1.47. The highest BCUT2D eigenvalue weighted by Gasteiger charge is 2.39. The topological polar surface area (TPSA) is 148 Å². The Morgan fingerprint density at radius 2 is 2.16 bits per heavy atom. The minimum Gasteiger partial charge on any atom is -0.504 e. The van der Waals surface area contributed by atoms with Gasteiger partial charge < -0.3 is 15.2 Å². The molecule has 2 fully saturated rings. The lowest BCUT2D eigenvalue weighted by atomic mass is 10.1. The van der Waals surface area contributed by atoms with E-state index in [-0.39, 0.29) is 5.75 Å². The van der Waals surface area contributed by atoms with E-state index in [0.29, 0.717) is 9.32 Å². The predicted octanol–water partition coefficient (Wildman–Crippen LogP) is -1.56. The van der Waals surface area contributed by atoms with Gasteiger partial charge in [-0.15, -0.1) is 0 Å². The zero-order valence-electron chi connectivity index (χ0n) is 13.0. The zero-order valence-corrected chi connectivity index (χ0v) is 15.1. The van der Waals surface area contributed by atoms with Crippen molar-refractivity contribution >= 4 is 40.7 Å². The van der Waals surface area contributed by atoms with E-state index in [4.69, 9.17) is 4.74 Å². The maximum atomic E-state index is 11.7. The molecule has 0 saturated carbocycles. The lowest BCUT2D eigenvalue weighted by Crippen LogP contribution is -2.80. The van der Waals surface area contributed by atoms with Crippen molar-refractivity contribution in [3.63, 3.8) is 0 Å². The molecule has 0 aliphatic carbocycles. The quantitative estimate of drug-likeness (QED) is 0.162. The van der Waals surface area contributed by atoms with E-state index in [0.717, 1.165) is 5.56 Å². The summed E-state index contributed by atoms with van der Waals surface area (Å²) in [5.74, 6) is -0.00504. The smallest absolute Gasteiger partial charge is 0.322 e. The summed E-state index contributed by atoms with van der Waals surface area (Å²) in [5.41, 5.74) is 9.14. The number of benzene rings is 1. The third-order valence-electron chi connectivity index (χ3n) is 3.56. The number of phenolic OH excluding ortho intramolecular Hbond substituents is 1. The number of phenols is 1. The molecule has 2 heterocycles. The number of carbonyl (C=O) groups is 2. The number of hydrogen-bond donors (Lipinski definition) is 7. The number of imide groups is 1. The average Bonchev–Trinajstić information content (AvgIpc) is 2.57. The van der Waals surface area contributed by atoms with Crippen molar-refractivity contribution in [2.75, 3.05) is 7.11 Å². The lowest BCUT2D eigenvalue weighted by Gasteiger charge is -2.40. The molecule has 134 valence electrons. The number of carbonyl (C=O) groups excluding carboxylic acids is 2. The van der Waals surface area contributed by atoms with Crippen molar-refractivity contribution < 1.29 is 19.4 Å². The van der Waals surface area contributed by atoms with Crippen LogP contribution in [0.25, 0.3) is 0 Å². The third-order valence-corrected chi connectivity index (χ3v) is 4.38. The van der Waals surface area contributed by atoms with Crippen molar-refractivity contribution in [2.24, 2.45) is 5.10 Å². The number of hydrazone groups is 1. The summed E-state index contributed by atoms with van der Waals surface area (Å²) >= 11 is 1.99. The number of nitrogens with zero attached hydrogens (tertiary/aromatic N) is 1. The highest BCUT2D eigenvalue weighted by molar-refractivity contribution is 14.1. The van der Waals surface area contributed by atoms with Crippen LogP contribution in [0.4, 0.5) is 4.79 Å². The second-order valence-electron chi connectivity index (χ2n) is 5.25. The van der Waals surface area contributed by atoms with Crippen LogP contribution in [0.5, 0.6) is 11.5 Å². The van der Waals surface area contributed by atoms with Crippen molar-refractivity contribution in [3.05, 3.63) is 21.3 Å². The Bertz CT molecular complexity index is 729. The molecular formula is C13H16IN7O4. The monoisotopic (exact) mass is 461 g/mol. The molecule has 12 heteroatoms. The first-order chi connectivity index (χ1) is 12.0. The van der Waals surface area contributed by atoms with Crippen molar-refractivity contribution in [1.82, 2.24) is 32.2 Å². The Hall–Kier alpha value is -2.16. The number of hydrogen-bond acceptors (Lipinski definition) is 9. The van der Waals surface area contributed by atoms with E-state index in [1.54, 1.807) is 18.3 Å². The molecule has 1 aromatic carbocycles. The molecule has 2 saturated heterocycles. The van der Waals surface area contributed by atoms with Crippen molar-refractivity contribution in [1.29, 1.82) is 0 Å². The minimum absolute atomic E-state index is 0.0744. The molecule has 3 unspecified atom stereocenters. The van der Waals surface area contributed by atoms with Crippen LogP contribution in [0.15, 0.2) is 17.2 Å². The first-order valence-corrected chi connectivity index (χ1v) is 8.29. The Balaban J connectivity index is 1.61. The number of halogens is 1. The van der Waals surface area contributed by atoms with E-state index in [2.05, 4.69) is 37.3 Å². The van der Waals surface area contributed by atoms with Gasteiger partial charge in [0.25, 0.3) is 0 Å². The van der Waals surface area contributed by atoms with Gasteiger partial charge in [0.2, 0.25) is 5.91 Å². The van der Waals surface area contributed by atoms with Crippen LogP contribution < -0.4 is 37.0 Å². The molecule has 1 aromatic rings. The Labute approximate surface area is 156 Å². The molecule has 0 spiro atoms. The van der Waals surface area contributed by atoms with Gasteiger partial charge >= 0.3 is 6.03 Å². The number of fused-ring (bicyclic) bond motifs is 1. The van der Waals surface area contributed by atoms with Gasteiger partial charge in [0.1, 0.15) is 12.2 Å². The number of rotatable bonds is 4. The van der Waals surface area contributed by atoms with Gasteiger partial charge in [0.15, 0.2) is 17.8 Å². The number of urea groups is 1. The van der Waals surface area contributed by atoms with Crippen LogP contribution in [0, 0.1) is 3.57 Å². The molecule has 3 atom stereocenters. The highest BCUT2D eigenvalue weighted by atomic mass is 127. The first kappa shape index (κ1) is 17.7. The van der Waals surface area contributed by atoms with Crippen LogP contribution >= 0.6 is 22.6 Å². The minimum atomic E-state index is -0.636. The fraction of sp³-hybridized carbons (Fsp3) is 0.308. The largest absolute Gasteiger partial charge is 0.504 e. The number of aromatic hydroxyl groups is 1. The molecule has 0 aromatic heterocycles. The second-order valence-corrected chi connectivity index (χ2v) is 6.41. The SMILES string of the molecule is COc1cc(/C=N\NC2NNC3C(=O)NC(=O)NC3N2)cc(I)c1O. The lowest BCUT2D eigenvalue weighted by molar-refractivity contribution is -0.125. The molecule has 25 heavy (non-hydrogen) atoms. The van der Waals surface area contributed by atoms with E-state index >= 15 is 0 Å². The Morgan fingerprint density at radius 1 is 1.36 bits per heavy atom.